The van der Waals surface area contributed by atoms with Gasteiger partial charge in [0.05, 0.1) is 0 Å². The zero-order valence-corrected chi connectivity index (χ0v) is 20.8. The third kappa shape index (κ3) is 7.89. The van der Waals surface area contributed by atoms with Gasteiger partial charge in [0.1, 0.15) is 5.60 Å². The van der Waals surface area contributed by atoms with Crippen LogP contribution in [0.4, 0.5) is 0 Å². The molecular weight excluding hydrogens is 438 g/mol. The normalized spacial score (nSPS) is 13.0. The molecule has 0 spiro atoms. The van der Waals surface area contributed by atoms with Crippen molar-refractivity contribution < 1.29 is 19.7 Å². The molecule has 35 heavy (non-hydrogen) atoms. The summed E-state index contributed by atoms with van der Waals surface area (Å²) in [5.41, 5.74) is 2.37. The second-order valence-electron chi connectivity index (χ2n) is 8.18. The Bertz CT molecular complexity index is 967. The van der Waals surface area contributed by atoms with Gasteiger partial charge in [-0.15, -0.1) is 0 Å². The number of aliphatic carboxylic acids is 1. The summed E-state index contributed by atoms with van der Waals surface area (Å²) in [4.78, 5) is 10.2. The Balaban J connectivity index is 0.000000328. The fourth-order valence-corrected chi connectivity index (χ4v) is 4.07. The summed E-state index contributed by atoms with van der Waals surface area (Å²) >= 11 is 0. The molecule has 0 radical (unpaired) electrons. The monoisotopic (exact) mass is 475 g/mol. The van der Waals surface area contributed by atoms with Crippen molar-refractivity contribution in [3.05, 3.63) is 120 Å². The number of hydrogen-bond donors (Lipinski definition) is 3. The van der Waals surface area contributed by atoms with Gasteiger partial charge in [-0.05, 0) is 30.5 Å². The molecule has 2 unspecified atom stereocenters. The van der Waals surface area contributed by atoms with Gasteiger partial charge in [0.25, 0.3) is 0 Å². The maximum atomic E-state index is 10.2. The average Bonchev–Trinajstić information content (AvgIpc) is 2.91. The van der Waals surface area contributed by atoms with Crippen LogP contribution in [0.25, 0.3) is 0 Å². The van der Waals surface area contributed by atoms with Crippen LogP contribution in [-0.2, 0) is 15.1 Å². The molecule has 3 aromatic carbocycles. The lowest BCUT2D eigenvalue weighted by Crippen LogP contribution is -2.43. The topological polar surface area (TPSA) is 78.8 Å². The molecule has 0 fully saturated rings. The van der Waals surface area contributed by atoms with Crippen molar-refractivity contribution >= 4 is 5.97 Å². The largest absolute Gasteiger partial charge is 0.479 e. The van der Waals surface area contributed by atoms with Crippen LogP contribution < -0.4 is 5.32 Å². The first-order valence-corrected chi connectivity index (χ1v) is 12.0. The summed E-state index contributed by atoms with van der Waals surface area (Å²) in [6, 6.07) is 29.4. The van der Waals surface area contributed by atoms with Crippen LogP contribution >= 0.6 is 0 Å². The van der Waals surface area contributed by atoms with E-state index in [-0.39, 0.29) is 5.92 Å². The number of carboxylic acid groups (broad SMARTS) is 1. The third-order valence-electron chi connectivity index (χ3n) is 5.77. The van der Waals surface area contributed by atoms with Crippen LogP contribution in [0.15, 0.2) is 103 Å². The van der Waals surface area contributed by atoms with Gasteiger partial charge in [-0.3, -0.25) is 0 Å². The first-order chi connectivity index (χ1) is 17.0. The fraction of sp³-hybridized carbons (Fsp3) is 0.300. The molecule has 186 valence electrons. The smallest absolute Gasteiger partial charge is 0.337 e. The third-order valence-corrected chi connectivity index (χ3v) is 5.77. The highest BCUT2D eigenvalue weighted by molar-refractivity contribution is 5.73. The highest BCUT2D eigenvalue weighted by Crippen LogP contribution is 2.40. The molecule has 0 aliphatic rings. The second kappa shape index (κ2) is 14.9. The minimum absolute atomic E-state index is 0.285. The maximum Gasteiger partial charge on any atom is 0.337 e. The number of carboxylic acids is 1. The van der Waals surface area contributed by atoms with E-state index in [9.17, 15) is 4.79 Å². The molecule has 3 N–H and O–H groups in total. The van der Waals surface area contributed by atoms with Crippen LogP contribution in [0.2, 0.25) is 0 Å². The van der Waals surface area contributed by atoms with Crippen molar-refractivity contribution in [2.75, 3.05) is 19.7 Å². The van der Waals surface area contributed by atoms with E-state index in [4.69, 9.17) is 14.9 Å². The molecule has 0 amide bonds. The average molecular weight is 476 g/mol. The fourth-order valence-electron chi connectivity index (χ4n) is 4.07. The van der Waals surface area contributed by atoms with E-state index in [0.717, 1.165) is 13.1 Å². The van der Waals surface area contributed by atoms with Crippen molar-refractivity contribution in [2.45, 2.75) is 32.5 Å². The van der Waals surface area contributed by atoms with E-state index in [1.807, 2.05) is 6.92 Å². The molecule has 0 heterocycles. The van der Waals surface area contributed by atoms with Crippen LogP contribution in [-0.4, -0.2) is 35.9 Å². The molecule has 5 nitrogen and oxygen atoms in total. The lowest BCUT2D eigenvalue weighted by atomic mass is 9.76. The predicted molar refractivity (Wildman–Crippen MR) is 141 cm³/mol. The Morgan fingerprint density at radius 2 is 1.43 bits per heavy atom. The number of allylic oxidation sites excluding steroid dienone is 1. The van der Waals surface area contributed by atoms with Crippen molar-refractivity contribution in [1.29, 1.82) is 0 Å². The number of benzene rings is 3. The lowest BCUT2D eigenvalue weighted by Gasteiger charge is -2.40. The molecule has 0 aromatic heterocycles. The van der Waals surface area contributed by atoms with Crippen molar-refractivity contribution in [2.24, 2.45) is 5.92 Å². The van der Waals surface area contributed by atoms with E-state index in [0.29, 0.717) is 12.2 Å². The summed E-state index contributed by atoms with van der Waals surface area (Å²) in [5, 5.41) is 20.9. The first-order valence-electron chi connectivity index (χ1n) is 12.0. The van der Waals surface area contributed by atoms with Crippen LogP contribution in [0.1, 0.15) is 43.6 Å². The van der Waals surface area contributed by atoms with E-state index >= 15 is 0 Å². The number of aliphatic hydroxyl groups excluding tert-OH is 1. The van der Waals surface area contributed by atoms with Gasteiger partial charge in [-0.1, -0.05) is 110 Å². The summed E-state index contributed by atoms with van der Waals surface area (Å²) in [5.74, 6) is -0.941. The van der Waals surface area contributed by atoms with Crippen molar-refractivity contribution in [1.82, 2.24) is 5.32 Å². The van der Waals surface area contributed by atoms with E-state index in [1.54, 1.807) is 30.3 Å². The van der Waals surface area contributed by atoms with Gasteiger partial charge >= 0.3 is 5.97 Å². The van der Waals surface area contributed by atoms with Gasteiger partial charge in [-0.25, -0.2) is 4.79 Å². The van der Waals surface area contributed by atoms with E-state index in [1.165, 1.54) is 11.1 Å². The number of carbonyl (C=O) groups is 1. The molecular formula is C30H37NO4. The summed E-state index contributed by atoms with van der Waals surface area (Å²) < 4.78 is 6.46. The van der Waals surface area contributed by atoms with Crippen molar-refractivity contribution in [3.63, 3.8) is 0 Å². The van der Waals surface area contributed by atoms with E-state index in [2.05, 4.69) is 92.0 Å². The Labute approximate surface area is 209 Å². The van der Waals surface area contributed by atoms with Crippen LogP contribution in [0.5, 0.6) is 0 Å². The highest BCUT2D eigenvalue weighted by Gasteiger charge is 2.40. The van der Waals surface area contributed by atoms with E-state index < -0.39 is 17.7 Å². The van der Waals surface area contributed by atoms with Gasteiger partial charge in [0.15, 0.2) is 6.10 Å². The Morgan fingerprint density at radius 1 is 0.943 bits per heavy atom. The summed E-state index contributed by atoms with van der Waals surface area (Å²) in [6.45, 7) is 8.81. The predicted octanol–water partition coefficient (Wildman–Crippen LogP) is 5.57. The molecule has 0 aliphatic heterocycles. The minimum atomic E-state index is -1.41. The molecule has 0 bridgehead atoms. The summed E-state index contributed by atoms with van der Waals surface area (Å²) in [6.07, 6.45) is 2.80. The molecule has 5 heteroatoms. The molecule has 3 aromatic rings. The molecule has 0 aliphatic carbocycles. The van der Waals surface area contributed by atoms with Crippen molar-refractivity contribution in [3.8, 4) is 0 Å². The minimum Gasteiger partial charge on any atom is -0.479 e. The SMILES string of the molecule is C/C=C/CNCC(C)C(OCC)(c1ccccc1)c1ccccc1.O=C(O)C(O)c1ccccc1. The van der Waals surface area contributed by atoms with Gasteiger partial charge in [0.2, 0.25) is 0 Å². The summed E-state index contributed by atoms with van der Waals surface area (Å²) in [7, 11) is 0. The maximum absolute atomic E-state index is 10.2. The molecule has 0 saturated heterocycles. The van der Waals surface area contributed by atoms with Gasteiger partial charge in [-0.2, -0.15) is 0 Å². The lowest BCUT2D eigenvalue weighted by molar-refractivity contribution is -0.146. The van der Waals surface area contributed by atoms with Crippen LogP contribution in [0, 0.1) is 5.92 Å². The van der Waals surface area contributed by atoms with Gasteiger partial charge < -0.3 is 20.3 Å². The molecule has 2 atom stereocenters. The molecule has 0 saturated carbocycles. The quantitative estimate of drug-likeness (QED) is 0.249. The number of rotatable bonds is 11. The Kier molecular flexibility index (Phi) is 11.9. The number of aliphatic hydroxyl groups is 1. The number of nitrogens with one attached hydrogen (secondary N) is 1. The highest BCUT2D eigenvalue weighted by atomic mass is 16.5. The Hall–Kier alpha value is -3.25. The van der Waals surface area contributed by atoms with Gasteiger partial charge in [0, 0.05) is 25.6 Å². The Morgan fingerprint density at radius 3 is 1.86 bits per heavy atom. The first kappa shape index (κ1) is 28.0. The second-order valence-corrected chi connectivity index (χ2v) is 8.18. The molecule has 3 rings (SSSR count). The number of ether oxygens (including phenoxy) is 1. The number of hydrogen-bond acceptors (Lipinski definition) is 4. The zero-order chi connectivity index (χ0) is 25.5. The van der Waals surface area contributed by atoms with Crippen LogP contribution in [0.3, 0.4) is 0 Å². The zero-order valence-electron chi connectivity index (χ0n) is 20.8. The standard InChI is InChI=1S/C22H29NO.C8H8O3/c1-4-6-17-23-18-19(3)22(24-5-2,20-13-9-7-10-14-20)21-15-11-8-12-16-21;9-7(8(10)11)6-4-2-1-3-5-6/h4,6-16,19,23H,5,17-18H2,1-3H3;1-5,7,9H,(H,10,11)/b6-4+;.